The molecular formula is C15H19N3O2. The molecule has 0 aromatic heterocycles. The summed E-state index contributed by atoms with van der Waals surface area (Å²) in [5.41, 5.74) is 1.54. The monoisotopic (exact) mass is 273 g/mol. The van der Waals surface area contributed by atoms with Crippen LogP contribution in [-0.4, -0.2) is 31.4 Å². The summed E-state index contributed by atoms with van der Waals surface area (Å²) in [6.45, 7) is 5.15. The minimum Gasteiger partial charge on any atom is -0.325 e. The van der Waals surface area contributed by atoms with Crippen LogP contribution in [0.1, 0.15) is 12.8 Å². The van der Waals surface area contributed by atoms with Crippen molar-refractivity contribution in [3.05, 3.63) is 36.9 Å². The second-order valence-electron chi connectivity index (χ2n) is 4.67. The molecule has 1 aliphatic rings. The number of nitrogens with zero attached hydrogens (tertiary/aromatic N) is 1. The van der Waals surface area contributed by atoms with Crippen LogP contribution in [0, 0.1) is 0 Å². The third kappa shape index (κ3) is 3.68. The Bertz CT molecular complexity index is 514. The van der Waals surface area contributed by atoms with E-state index in [4.69, 9.17) is 0 Å². The Balaban J connectivity index is 1.97. The molecule has 1 aromatic carbocycles. The fourth-order valence-electron chi connectivity index (χ4n) is 2.17. The molecule has 0 bridgehead atoms. The Labute approximate surface area is 118 Å². The smallest absolute Gasteiger partial charge is 0.238 e. The Kier molecular flexibility index (Phi) is 4.90. The van der Waals surface area contributed by atoms with E-state index >= 15 is 0 Å². The fraction of sp³-hybridized carbons (Fsp3) is 0.333. The van der Waals surface area contributed by atoms with Gasteiger partial charge < -0.3 is 15.5 Å². The van der Waals surface area contributed by atoms with Crippen LogP contribution in [0.4, 0.5) is 11.4 Å². The molecular weight excluding hydrogens is 254 g/mol. The maximum absolute atomic E-state index is 11.7. The topological polar surface area (TPSA) is 61.4 Å². The number of hydrogen-bond acceptors (Lipinski definition) is 3. The molecule has 2 N–H and O–H groups in total. The molecule has 0 atom stereocenters. The molecule has 1 heterocycles. The van der Waals surface area contributed by atoms with E-state index < -0.39 is 0 Å². The van der Waals surface area contributed by atoms with E-state index in [1.165, 1.54) is 0 Å². The Morgan fingerprint density at radius 1 is 1.45 bits per heavy atom. The van der Waals surface area contributed by atoms with Crippen molar-refractivity contribution < 1.29 is 9.59 Å². The summed E-state index contributed by atoms with van der Waals surface area (Å²) in [6, 6.07) is 7.37. The summed E-state index contributed by atoms with van der Waals surface area (Å²) in [5, 5.41) is 5.74. The van der Waals surface area contributed by atoms with Crippen molar-refractivity contribution in [1.29, 1.82) is 0 Å². The summed E-state index contributed by atoms with van der Waals surface area (Å²) in [5.74, 6) is 0.0258. The largest absolute Gasteiger partial charge is 0.325 e. The lowest BCUT2D eigenvalue weighted by molar-refractivity contribution is -0.117. The summed E-state index contributed by atoms with van der Waals surface area (Å²) in [4.78, 5) is 25.2. The van der Waals surface area contributed by atoms with Crippen molar-refractivity contribution in [3.63, 3.8) is 0 Å². The lowest BCUT2D eigenvalue weighted by Gasteiger charge is -2.16. The first-order valence-corrected chi connectivity index (χ1v) is 6.72. The number of anilines is 2. The molecule has 2 amide bonds. The van der Waals surface area contributed by atoms with Gasteiger partial charge in [0.05, 0.1) is 6.54 Å². The van der Waals surface area contributed by atoms with Crippen LogP contribution in [0.25, 0.3) is 0 Å². The van der Waals surface area contributed by atoms with Gasteiger partial charge in [-0.25, -0.2) is 0 Å². The Morgan fingerprint density at radius 2 is 2.30 bits per heavy atom. The van der Waals surface area contributed by atoms with Gasteiger partial charge in [-0.15, -0.1) is 6.58 Å². The van der Waals surface area contributed by atoms with Gasteiger partial charge in [-0.1, -0.05) is 12.1 Å². The normalized spacial score (nSPS) is 14.4. The zero-order valence-corrected chi connectivity index (χ0v) is 11.4. The first-order valence-electron chi connectivity index (χ1n) is 6.72. The van der Waals surface area contributed by atoms with Crippen molar-refractivity contribution >= 4 is 23.2 Å². The molecule has 0 radical (unpaired) electrons. The molecule has 1 saturated heterocycles. The van der Waals surface area contributed by atoms with Gasteiger partial charge in [0, 0.05) is 30.9 Å². The Hall–Kier alpha value is -2.14. The summed E-state index contributed by atoms with van der Waals surface area (Å²) in [7, 11) is 0. The summed E-state index contributed by atoms with van der Waals surface area (Å²) < 4.78 is 0. The predicted octanol–water partition coefficient (Wildman–Crippen LogP) is 1.53. The number of amides is 2. The number of hydrogen-bond donors (Lipinski definition) is 2. The van der Waals surface area contributed by atoms with Crippen LogP contribution in [-0.2, 0) is 9.59 Å². The average molecular weight is 273 g/mol. The highest BCUT2D eigenvalue weighted by atomic mass is 16.2. The van der Waals surface area contributed by atoms with Crippen molar-refractivity contribution in [3.8, 4) is 0 Å². The molecule has 5 nitrogen and oxygen atoms in total. The van der Waals surface area contributed by atoms with Crippen LogP contribution in [0.15, 0.2) is 36.9 Å². The van der Waals surface area contributed by atoms with E-state index in [0.717, 1.165) is 18.7 Å². The molecule has 2 rings (SSSR count). The lowest BCUT2D eigenvalue weighted by atomic mass is 10.2. The molecule has 1 aromatic rings. The van der Waals surface area contributed by atoms with Gasteiger partial charge in [0.15, 0.2) is 0 Å². The van der Waals surface area contributed by atoms with Crippen molar-refractivity contribution in [1.82, 2.24) is 5.32 Å². The molecule has 0 aliphatic carbocycles. The van der Waals surface area contributed by atoms with Crippen LogP contribution < -0.4 is 15.5 Å². The van der Waals surface area contributed by atoms with Crippen LogP contribution in [0.3, 0.4) is 0 Å². The van der Waals surface area contributed by atoms with Crippen LogP contribution in [0.2, 0.25) is 0 Å². The van der Waals surface area contributed by atoms with Crippen LogP contribution in [0.5, 0.6) is 0 Å². The van der Waals surface area contributed by atoms with E-state index in [2.05, 4.69) is 17.2 Å². The number of rotatable bonds is 6. The zero-order valence-electron chi connectivity index (χ0n) is 11.4. The van der Waals surface area contributed by atoms with Gasteiger partial charge in [0.2, 0.25) is 11.8 Å². The second-order valence-corrected chi connectivity index (χ2v) is 4.67. The van der Waals surface area contributed by atoms with Crippen LogP contribution >= 0.6 is 0 Å². The maximum Gasteiger partial charge on any atom is 0.238 e. The van der Waals surface area contributed by atoms with Gasteiger partial charge in [0.1, 0.15) is 0 Å². The van der Waals surface area contributed by atoms with E-state index in [1.54, 1.807) is 11.0 Å². The van der Waals surface area contributed by atoms with Gasteiger partial charge in [0.25, 0.3) is 0 Å². The minimum absolute atomic E-state index is 0.114. The van der Waals surface area contributed by atoms with Crippen molar-refractivity contribution in [2.45, 2.75) is 12.8 Å². The summed E-state index contributed by atoms with van der Waals surface area (Å²) in [6.07, 6.45) is 3.19. The average Bonchev–Trinajstić information content (AvgIpc) is 2.85. The second kappa shape index (κ2) is 6.86. The highest BCUT2D eigenvalue weighted by Gasteiger charge is 2.21. The Morgan fingerprint density at radius 3 is 3.00 bits per heavy atom. The number of carbonyl (C=O) groups excluding carboxylic acids is 2. The molecule has 0 spiro atoms. The van der Waals surface area contributed by atoms with Gasteiger partial charge in [-0.2, -0.15) is 0 Å². The molecule has 0 unspecified atom stereocenters. The molecule has 1 fully saturated rings. The van der Waals surface area contributed by atoms with Crippen molar-refractivity contribution in [2.24, 2.45) is 0 Å². The highest BCUT2D eigenvalue weighted by molar-refractivity contribution is 5.97. The molecule has 20 heavy (non-hydrogen) atoms. The van der Waals surface area contributed by atoms with E-state index in [9.17, 15) is 9.59 Å². The predicted molar refractivity (Wildman–Crippen MR) is 79.7 cm³/mol. The van der Waals surface area contributed by atoms with E-state index in [0.29, 0.717) is 18.7 Å². The summed E-state index contributed by atoms with van der Waals surface area (Å²) >= 11 is 0. The third-order valence-corrected chi connectivity index (χ3v) is 3.09. The minimum atomic E-state index is -0.114. The number of nitrogens with one attached hydrogen (secondary N) is 2. The molecule has 1 aliphatic heterocycles. The first-order chi connectivity index (χ1) is 9.70. The van der Waals surface area contributed by atoms with Gasteiger partial charge >= 0.3 is 0 Å². The molecule has 106 valence electrons. The highest BCUT2D eigenvalue weighted by Crippen LogP contribution is 2.24. The SMILES string of the molecule is C=CCNCC(=O)Nc1cccc(N2CCCC2=O)c1. The quantitative estimate of drug-likeness (QED) is 0.610. The van der Waals surface area contributed by atoms with Gasteiger partial charge in [-0.3, -0.25) is 9.59 Å². The number of benzene rings is 1. The zero-order chi connectivity index (χ0) is 14.4. The van der Waals surface area contributed by atoms with Crippen molar-refractivity contribution in [2.75, 3.05) is 29.9 Å². The lowest BCUT2D eigenvalue weighted by Crippen LogP contribution is -2.28. The van der Waals surface area contributed by atoms with E-state index in [-0.39, 0.29) is 18.4 Å². The van der Waals surface area contributed by atoms with E-state index in [1.807, 2.05) is 24.3 Å². The third-order valence-electron chi connectivity index (χ3n) is 3.09. The molecule has 0 saturated carbocycles. The number of carbonyl (C=O) groups is 2. The first kappa shape index (κ1) is 14.3. The van der Waals surface area contributed by atoms with Gasteiger partial charge in [-0.05, 0) is 24.6 Å². The standard InChI is InChI=1S/C15H19N3O2/c1-2-8-16-11-14(19)17-12-5-3-6-13(10-12)18-9-4-7-15(18)20/h2-3,5-6,10,16H,1,4,7-9,11H2,(H,17,19). The molecule has 5 heteroatoms. The fourth-order valence-corrected chi connectivity index (χ4v) is 2.17. The maximum atomic E-state index is 11.7.